The van der Waals surface area contributed by atoms with Crippen molar-refractivity contribution in [3.05, 3.63) is 53.1 Å². The van der Waals surface area contributed by atoms with Gasteiger partial charge in [-0.25, -0.2) is 4.98 Å². The van der Waals surface area contributed by atoms with E-state index in [1.165, 1.54) is 36.2 Å². The van der Waals surface area contributed by atoms with E-state index in [2.05, 4.69) is 27.3 Å². The molecule has 2 saturated heterocycles. The van der Waals surface area contributed by atoms with Gasteiger partial charge in [0.1, 0.15) is 5.75 Å². The maximum Gasteiger partial charge on any atom is 0.279 e. The van der Waals surface area contributed by atoms with Crippen molar-refractivity contribution in [1.82, 2.24) is 15.2 Å². The summed E-state index contributed by atoms with van der Waals surface area (Å²) in [4.78, 5) is 18.9. The summed E-state index contributed by atoms with van der Waals surface area (Å²) < 4.78 is 6.98. The van der Waals surface area contributed by atoms with E-state index in [0.717, 1.165) is 47.2 Å². The molecular formula is C26H28ClN3O2S. The molecule has 0 radical (unpaired) electrons. The quantitative estimate of drug-likeness (QED) is 0.493. The van der Waals surface area contributed by atoms with Crippen LogP contribution in [0.3, 0.4) is 0 Å². The second kappa shape index (κ2) is 8.57. The summed E-state index contributed by atoms with van der Waals surface area (Å²) in [6, 6.07) is 15.5. The highest BCUT2D eigenvalue weighted by Crippen LogP contribution is 2.57. The second-order valence-corrected chi connectivity index (χ2v) is 11.1. The number of fused-ring (bicyclic) bond motifs is 4. The second-order valence-electron chi connectivity index (χ2n) is 9.69. The summed E-state index contributed by atoms with van der Waals surface area (Å²) in [5, 5.41) is 5.11. The monoisotopic (exact) mass is 481 g/mol. The molecule has 7 rings (SSSR count). The van der Waals surface area contributed by atoms with E-state index in [0.29, 0.717) is 28.3 Å². The van der Waals surface area contributed by atoms with E-state index in [1.807, 2.05) is 30.3 Å². The highest BCUT2D eigenvalue weighted by molar-refractivity contribution is 7.20. The number of carbonyl (C=O) groups is 1. The van der Waals surface area contributed by atoms with Crippen molar-refractivity contribution in [1.29, 1.82) is 0 Å². The predicted molar refractivity (Wildman–Crippen MR) is 132 cm³/mol. The number of hydrogen-bond donors (Lipinski definition) is 1. The van der Waals surface area contributed by atoms with Crippen molar-refractivity contribution in [3.8, 4) is 10.9 Å². The number of nitrogens with zero attached hydrogens (tertiary/aromatic N) is 2. The fourth-order valence-corrected chi connectivity index (χ4v) is 7.19. The molecule has 2 saturated carbocycles. The van der Waals surface area contributed by atoms with Gasteiger partial charge in [0.15, 0.2) is 0 Å². The molecule has 4 fully saturated rings. The summed E-state index contributed by atoms with van der Waals surface area (Å²) in [7, 11) is 0. The van der Waals surface area contributed by atoms with Crippen LogP contribution in [0, 0.1) is 11.8 Å². The van der Waals surface area contributed by atoms with E-state index < -0.39 is 0 Å². The number of ether oxygens (including phenoxy) is 1. The number of carbonyl (C=O) groups excluding carboxylic acids is 1. The maximum atomic E-state index is 12.1. The van der Waals surface area contributed by atoms with Gasteiger partial charge in [-0.15, -0.1) is 0 Å². The molecule has 5 nitrogen and oxygen atoms in total. The van der Waals surface area contributed by atoms with Gasteiger partial charge in [-0.05, 0) is 86.4 Å². The zero-order chi connectivity index (χ0) is 22.5. The van der Waals surface area contributed by atoms with Crippen LogP contribution in [0.4, 0.5) is 0 Å². The molecule has 2 aliphatic heterocycles. The van der Waals surface area contributed by atoms with Gasteiger partial charge >= 0.3 is 0 Å². The predicted octanol–water partition coefficient (Wildman–Crippen LogP) is 5.66. The number of rotatable bonds is 6. The number of hydrogen-bond acceptors (Lipinski definition) is 5. The average molecular weight is 482 g/mol. The Labute approximate surface area is 203 Å². The van der Waals surface area contributed by atoms with Crippen LogP contribution < -0.4 is 10.1 Å². The van der Waals surface area contributed by atoms with E-state index >= 15 is 0 Å². The molecule has 172 valence electrons. The molecule has 3 aromatic rings. The zero-order valence-corrected chi connectivity index (χ0v) is 20.2. The molecule has 0 spiro atoms. The Morgan fingerprint density at radius 3 is 2.85 bits per heavy atom. The molecule has 1 amide bonds. The first-order valence-electron chi connectivity index (χ1n) is 11.9. The number of thiazole rings is 1. The summed E-state index contributed by atoms with van der Waals surface area (Å²) in [5.74, 6) is 2.61. The Hall–Kier alpha value is -2.15. The maximum absolute atomic E-state index is 12.1. The standard InChI is InChI=1S/C26H28ClN3O2S/c1-15(31)30-19-13-18(5-8-21-22(14-19)25(21)30)28-11-10-16-2-6-20(7-3-16)32-26-29-23-9-4-17(27)12-24(23)33-26/h2-4,6-7,9,12,18-19,21-22,25,28H,5,8,10-11,13-14H2,1H3/t18-,19?,21?,22-,25-/m1/s1. The smallest absolute Gasteiger partial charge is 0.279 e. The third-order valence-electron chi connectivity index (χ3n) is 7.62. The number of benzene rings is 2. The largest absolute Gasteiger partial charge is 0.431 e. The van der Waals surface area contributed by atoms with E-state index in [4.69, 9.17) is 16.3 Å². The fraction of sp³-hybridized carbons (Fsp3) is 0.462. The van der Waals surface area contributed by atoms with Gasteiger partial charge in [-0.2, -0.15) is 0 Å². The van der Waals surface area contributed by atoms with Gasteiger partial charge < -0.3 is 15.0 Å². The number of halogens is 1. The van der Waals surface area contributed by atoms with Gasteiger partial charge in [0, 0.05) is 30.1 Å². The van der Waals surface area contributed by atoms with Crippen LogP contribution in [0.2, 0.25) is 5.02 Å². The Bertz CT molecular complexity index is 1180. The van der Waals surface area contributed by atoms with Gasteiger partial charge in [-0.3, -0.25) is 4.79 Å². The normalized spacial score (nSPS) is 27.9. The summed E-state index contributed by atoms with van der Waals surface area (Å²) in [6.07, 6.45) is 5.79. The molecule has 1 N–H and O–H groups in total. The lowest BCUT2D eigenvalue weighted by Crippen LogP contribution is -2.45. The van der Waals surface area contributed by atoms with Crippen LogP contribution >= 0.6 is 22.9 Å². The lowest BCUT2D eigenvalue weighted by Gasteiger charge is -2.34. The van der Waals surface area contributed by atoms with Crippen LogP contribution in [0.1, 0.15) is 38.2 Å². The summed E-state index contributed by atoms with van der Waals surface area (Å²) in [6.45, 7) is 2.70. The third-order valence-corrected chi connectivity index (χ3v) is 8.75. The third kappa shape index (κ3) is 4.25. The van der Waals surface area contributed by atoms with Gasteiger partial charge in [0.2, 0.25) is 5.91 Å². The first-order valence-corrected chi connectivity index (χ1v) is 13.1. The molecule has 2 aliphatic carbocycles. The lowest BCUT2D eigenvalue weighted by atomic mass is 9.91. The van der Waals surface area contributed by atoms with E-state index in [-0.39, 0.29) is 5.91 Å². The number of aromatic nitrogens is 1. The Morgan fingerprint density at radius 2 is 2.03 bits per heavy atom. The van der Waals surface area contributed by atoms with Crippen molar-refractivity contribution in [2.24, 2.45) is 11.8 Å². The highest BCUT2D eigenvalue weighted by Gasteiger charge is 2.62. The van der Waals surface area contributed by atoms with Crippen molar-refractivity contribution in [2.45, 2.75) is 57.2 Å². The van der Waals surface area contributed by atoms with Crippen molar-refractivity contribution < 1.29 is 9.53 Å². The molecule has 5 atom stereocenters. The molecular weight excluding hydrogens is 454 g/mol. The number of amides is 1. The molecule has 2 unspecified atom stereocenters. The fourth-order valence-electron chi connectivity index (χ4n) is 6.08. The molecule has 4 bridgehead atoms. The SMILES string of the molecule is CC(=O)N1C2C[C@H](NCCc3ccc(Oc4nc5ccc(Cl)cc5s4)cc3)CCC3[C@@H](C2)[C@@H]31. The van der Waals surface area contributed by atoms with Crippen molar-refractivity contribution in [2.75, 3.05) is 6.54 Å². The van der Waals surface area contributed by atoms with Crippen LogP contribution in [-0.4, -0.2) is 40.5 Å². The summed E-state index contributed by atoms with van der Waals surface area (Å²) in [5.41, 5.74) is 2.19. The number of piperidine rings is 1. The molecule has 33 heavy (non-hydrogen) atoms. The van der Waals surface area contributed by atoms with Crippen LogP contribution in [0.5, 0.6) is 10.9 Å². The molecule has 1 aromatic heterocycles. The summed E-state index contributed by atoms with van der Waals surface area (Å²) >= 11 is 7.56. The Morgan fingerprint density at radius 1 is 1.18 bits per heavy atom. The van der Waals surface area contributed by atoms with Crippen molar-refractivity contribution in [3.63, 3.8) is 0 Å². The van der Waals surface area contributed by atoms with Crippen molar-refractivity contribution >= 4 is 39.1 Å². The van der Waals surface area contributed by atoms with Crippen LogP contribution in [0.15, 0.2) is 42.5 Å². The first-order chi connectivity index (χ1) is 16.0. The molecule has 7 heteroatoms. The average Bonchev–Trinajstić information content (AvgIpc) is 3.09. The molecule has 2 aromatic carbocycles. The van der Waals surface area contributed by atoms with Crippen LogP contribution in [-0.2, 0) is 11.2 Å². The zero-order valence-electron chi connectivity index (χ0n) is 18.7. The Balaban J connectivity index is 1.01. The van der Waals surface area contributed by atoms with Crippen LogP contribution in [0.25, 0.3) is 10.2 Å². The minimum Gasteiger partial charge on any atom is -0.431 e. The molecule has 4 aliphatic rings. The van der Waals surface area contributed by atoms with Gasteiger partial charge in [-0.1, -0.05) is 35.1 Å². The Kier molecular flexibility index (Phi) is 5.55. The van der Waals surface area contributed by atoms with E-state index in [1.54, 1.807) is 6.92 Å². The van der Waals surface area contributed by atoms with E-state index in [9.17, 15) is 4.79 Å². The minimum absolute atomic E-state index is 0.271. The minimum atomic E-state index is 0.271. The first kappa shape index (κ1) is 21.4. The topological polar surface area (TPSA) is 54.5 Å². The highest BCUT2D eigenvalue weighted by atomic mass is 35.5. The molecule has 3 heterocycles. The van der Waals surface area contributed by atoms with Gasteiger partial charge in [0.25, 0.3) is 5.19 Å². The number of nitrogens with one attached hydrogen (secondary N) is 1. The van der Waals surface area contributed by atoms with Gasteiger partial charge in [0.05, 0.1) is 10.2 Å². The lowest BCUT2D eigenvalue weighted by molar-refractivity contribution is -0.131.